The standard InChI is InChI=1S/C19H15N3O3S/c1-11-5-6-15-13(8-11)14(9-12(2)20-15)19(23)24-10-17-21-18(22-25-17)16-4-3-7-26-16/h3-9H,10H2,1-2H3. The first-order chi connectivity index (χ1) is 12.6. The third-order valence-electron chi connectivity index (χ3n) is 3.85. The molecule has 0 aliphatic heterocycles. The van der Waals surface area contributed by atoms with Crippen LogP contribution in [0.5, 0.6) is 0 Å². The van der Waals surface area contributed by atoms with Crippen LogP contribution in [0.1, 0.15) is 27.5 Å². The van der Waals surface area contributed by atoms with Gasteiger partial charge in [-0.1, -0.05) is 22.9 Å². The number of hydrogen-bond donors (Lipinski definition) is 0. The van der Waals surface area contributed by atoms with E-state index in [1.807, 2.05) is 49.6 Å². The second-order valence-electron chi connectivity index (χ2n) is 5.90. The SMILES string of the molecule is Cc1ccc2nc(C)cc(C(=O)OCc3nc(-c4cccs4)no3)c2c1. The number of carbonyl (C=O) groups is 1. The van der Waals surface area contributed by atoms with Gasteiger partial charge in [0.2, 0.25) is 5.82 Å². The number of fused-ring (bicyclic) bond motifs is 1. The van der Waals surface area contributed by atoms with Gasteiger partial charge in [-0.3, -0.25) is 4.98 Å². The Morgan fingerprint density at radius 1 is 1.19 bits per heavy atom. The number of nitrogens with zero attached hydrogens (tertiary/aromatic N) is 3. The maximum absolute atomic E-state index is 12.6. The second-order valence-corrected chi connectivity index (χ2v) is 6.84. The number of thiophene rings is 1. The molecule has 0 bridgehead atoms. The van der Waals surface area contributed by atoms with Crippen LogP contribution in [0.4, 0.5) is 0 Å². The van der Waals surface area contributed by atoms with Gasteiger partial charge in [0.15, 0.2) is 6.61 Å². The highest BCUT2D eigenvalue weighted by molar-refractivity contribution is 7.13. The summed E-state index contributed by atoms with van der Waals surface area (Å²) in [7, 11) is 0. The van der Waals surface area contributed by atoms with E-state index in [-0.39, 0.29) is 12.5 Å². The van der Waals surface area contributed by atoms with Crippen molar-refractivity contribution in [3.63, 3.8) is 0 Å². The van der Waals surface area contributed by atoms with Gasteiger partial charge in [0.25, 0.3) is 5.89 Å². The van der Waals surface area contributed by atoms with E-state index in [0.29, 0.717) is 11.4 Å². The molecule has 26 heavy (non-hydrogen) atoms. The molecule has 0 radical (unpaired) electrons. The van der Waals surface area contributed by atoms with Crippen molar-refractivity contribution in [3.05, 3.63) is 64.5 Å². The lowest BCUT2D eigenvalue weighted by Gasteiger charge is -2.08. The Morgan fingerprint density at radius 3 is 2.88 bits per heavy atom. The smallest absolute Gasteiger partial charge is 0.339 e. The van der Waals surface area contributed by atoms with E-state index in [2.05, 4.69) is 15.1 Å². The second kappa shape index (κ2) is 6.68. The highest BCUT2D eigenvalue weighted by Crippen LogP contribution is 2.23. The van der Waals surface area contributed by atoms with E-state index in [1.165, 1.54) is 11.3 Å². The molecule has 0 N–H and O–H groups in total. The lowest BCUT2D eigenvalue weighted by Crippen LogP contribution is -2.07. The predicted octanol–water partition coefficient (Wildman–Crippen LogP) is 4.32. The Hall–Kier alpha value is -3.06. The number of carbonyl (C=O) groups excluding carboxylic acids is 1. The van der Waals surface area contributed by atoms with Gasteiger partial charge < -0.3 is 9.26 Å². The normalized spacial score (nSPS) is 11.0. The largest absolute Gasteiger partial charge is 0.452 e. The van der Waals surface area contributed by atoms with Gasteiger partial charge in [-0.15, -0.1) is 11.3 Å². The monoisotopic (exact) mass is 365 g/mol. The van der Waals surface area contributed by atoms with Crippen LogP contribution in [0, 0.1) is 13.8 Å². The summed E-state index contributed by atoms with van der Waals surface area (Å²) < 4.78 is 10.5. The maximum atomic E-state index is 12.6. The molecule has 0 spiro atoms. The molecule has 0 aliphatic rings. The molecular formula is C19H15N3O3S. The molecular weight excluding hydrogens is 350 g/mol. The number of aryl methyl sites for hydroxylation is 2. The Kier molecular flexibility index (Phi) is 4.22. The summed E-state index contributed by atoms with van der Waals surface area (Å²) in [6, 6.07) is 11.3. The van der Waals surface area contributed by atoms with Gasteiger partial charge >= 0.3 is 5.97 Å². The van der Waals surface area contributed by atoms with Crippen LogP contribution in [-0.4, -0.2) is 21.1 Å². The molecule has 0 aliphatic carbocycles. The fraction of sp³-hybridized carbons (Fsp3) is 0.158. The molecule has 0 unspecified atom stereocenters. The van der Waals surface area contributed by atoms with Gasteiger partial charge in [-0.25, -0.2) is 4.79 Å². The summed E-state index contributed by atoms with van der Waals surface area (Å²) >= 11 is 1.52. The Morgan fingerprint density at radius 2 is 2.08 bits per heavy atom. The maximum Gasteiger partial charge on any atom is 0.339 e. The molecule has 3 heterocycles. The van der Waals surface area contributed by atoms with Gasteiger partial charge in [0.05, 0.1) is 16.0 Å². The number of hydrogen-bond acceptors (Lipinski definition) is 7. The molecule has 130 valence electrons. The number of aromatic nitrogens is 3. The highest BCUT2D eigenvalue weighted by Gasteiger charge is 2.16. The van der Waals surface area contributed by atoms with Crippen LogP contribution >= 0.6 is 11.3 Å². The molecule has 6 nitrogen and oxygen atoms in total. The van der Waals surface area contributed by atoms with E-state index < -0.39 is 5.97 Å². The van der Waals surface area contributed by atoms with Crippen molar-refractivity contribution < 1.29 is 14.1 Å². The minimum atomic E-state index is -0.443. The van der Waals surface area contributed by atoms with Gasteiger partial charge in [0, 0.05) is 11.1 Å². The topological polar surface area (TPSA) is 78.1 Å². The summed E-state index contributed by atoms with van der Waals surface area (Å²) in [5.41, 5.74) is 3.05. The lowest BCUT2D eigenvalue weighted by atomic mass is 10.1. The van der Waals surface area contributed by atoms with E-state index in [9.17, 15) is 4.79 Å². The summed E-state index contributed by atoms with van der Waals surface area (Å²) in [5.74, 6) is 0.307. The minimum Gasteiger partial charge on any atom is -0.452 e. The van der Waals surface area contributed by atoms with Gasteiger partial charge in [-0.2, -0.15) is 4.98 Å². The van der Waals surface area contributed by atoms with Crippen LogP contribution in [-0.2, 0) is 11.3 Å². The molecule has 1 aromatic carbocycles. The molecule has 0 saturated carbocycles. The summed E-state index contributed by atoms with van der Waals surface area (Å²) in [6.07, 6.45) is 0. The average molecular weight is 365 g/mol. The highest BCUT2D eigenvalue weighted by atomic mass is 32.1. The number of pyridine rings is 1. The van der Waals surface area contributed by atoms with Crippen molar-refractivity contribution in [1.82, 2.24) is 15.1 Å². The Bertz CT molecular complexity index is 1090. The molecule has 4 rings (SSSR count). The van der Waals surface area contributed by atoms with Gasteiger partial charge in [-0.05, 0) is 43.5 Å². The number of esters is 1. The molecule has 0 saturated heterocycles. The zero-order valence-corrected chi connectivity index (χ0v) is 15.0. The van der Waals surface area contributed by atoms with Crippen molar-refractivity contribution >= 4 is 28.2 Å². The number of ether oxygens (including phenoxy) is 1. The predicted molar refractivity (Wildman–Crippen MR) is 97.9 cm³/mol. The first-order valence-corrected chi connectivity index (χ1v) is 8.90. The average Bonchev–Trinajstić information content (AvgIpc) is 3.30. The van der Waals surface area contributed by atoms with Crippen LogP contribution in [0.25, 0.3) is 21.6 Å². The van der Waals surface area contributed by atoms with Crippen LogP contribution in [0.2, 0.25) is 0 Å². The molecule has 0 atom stereocenters. The Balaban J connectivity index is 1.55. The summed E-state index contributed by atoms with van der Waals surface area (Å²) in [4.78, 5) is 22.2. The van der Waals surface area contributed by atoms with Crippen molar-refractivity contribution in [2.45, 2.75) is 20.5 Å². The van der Waals surface area contributed by atoms with E-state index in [1.54, 1.807) is 6.07 Å². The lowest BCUT2D eigenvalue weighted by molar-refractivity contribution is 0.0432. The first-order valence-electron chi connectivity index (χ1n) is 8.02. The summed E-state index contributed by atoms with van der Waals surface area (Å²) in [6.45, 7) is 3.74. The Labute approximate surface area is 153 Å². The molecule has 0 amide bonds. The van der Waals surface area contributed by atoms with E-state index in [0.717, 1.165) is 27.0 Å². The zero-order chi connectivity index (χ0) is 18.1. The van der Waals surface area contributed by atoms with E-state index in [4.69, 9.17) is 9.26 Å². The fourth-order valence-electron chi connectivity index (χ4n) is 2.67. The van der Waals surface area contributed by atoms with Crippen molar-refractivity contribution in [1.29, 1.82) is 0 Å². The molecule has 4 aromatic rings. The third-order valence-corrected chi connectivity index (χ3v) is 4.71. The van der Waals surface area contributed by atoms with Crippen LogP contribution < -0.4 is 0 Å². The quantitative estimate of drug-likeness (QED) is 0.501. The fourth-order valence-corrected chi connectivity index (χ4v) is 3.31. The van der Waals surface area contributed by atoms with Crippen molar-refractivity contribution in [2.75, 3.05) is 0 Å². The number of rotatable bonds is 4. The zero-order valence-electron chi connectivity index (χ0n) is 14.2. The molecule has 3 aromatic heterocycles. The van der Waals surface area contributed by atoms with Gasteiger partial charge in [0.1, 0.15) is 0 Å². The third kappa shape index (κ3) is 3.21. The van der Waals surface area contributed by atoms with Crippen molar-refractivity contribution in [3.8, 4) is 10.7 Å². The first kappa shape index (κ1) is 16.4. The molecule has 7 heteroatoms. The van der Waals surface area contributed by atoms with E-state index >= 15 is 0 Å². The van der Waals surface area contributed by atoms with Crippen LogP contribution in [0.3, 0.4) is 0 Å². The summed E-state index contributed by atoms with van der Waals surface area (Å²) in [5, 5.41) is 6.61. The number of benzene rings is 1. The minimum absolute atomic E-state index is 0.0775. The van der Waals surface area contributed by atoms with Crippen LogP contribution in [0.15, 0.2) is 46.3 Å². The van der Waals surface area contributed by atoms with Crippen molar-refractivity contribution in [2.24, 2.45) is 0 Å². The molecule has 0 fully saturated rings.